The first-order valence-corrected chi connectivity index (χ1v) is 8.24. The van der Waals surface area contributed by atoms with Crippen LogP contribution in [0.1, 0.15) is 18.2 Å². The Morgan fingerprint density at radius 1 is 1.33 bits per heavy atom. The van der Waals surface area contributed by atoms with Gasteiger partial charge in [-0.25, -0.2) is 9.67 Å². The highest BCUT2D eigenvalue weighted by Gasteiger charge is 2.29. The minimum atomic E-state index is -1.77. The number of rotatable bonds is 2. The number of aromatic nitrogens is 4. The summed E-state index contributed by atoms with van der Waals surface area (Å²) in [7, 11) is 3.14. The number of fused-ring (bicyclic) bond motifs is 1. The molecule has 0 fully saturated rings. The van der Waals surface area contributed by atoms with Crippen molar-refractivity contribution in [3.63, 3.8) is 0 Å². The molecule has 3 aromatic rings. The van der Waals surface area contributed by atoms with Crippen molar-refractivity contribution in [2.75, 3.05) is 19.8 Å². The van der Waals surface area contributed by atoms with Gasteiger partial charge in [-0.15, -0.1) is 0 Å². The van der Waals surface area contributed by atoms with Crippen LogP contribution in [0, 0.1) is 18.8 Å². The van der Waals surface area contributed by atoms with Gasteiger partial charge in [0, 0.05) is 37.3 Å². The highest BCUT2D eigenvalue weighted by molar-refractivity contribution is 5.88. The maximum absolute atomic E-state index is 12.0. The van der Waals surface area contributed by atoms with Crippen molar-refractivity contribution < 1.29 is 9.90 Å². The lowest BCUT2D eigenvalue weighted by molar-refractivity contribution is -0.141. The summed E-state index contributed by atoms with van der Waals surface area (Å²) in [5, 5.41) is 15.7. The van der Waals surface area contributed by atoms with E-state index in [4.69, 9.17) is 5.73 Å². The van der Waals surface area contributed by atoms with Gasteiger partial charge in [0.15, 0.2) is 5.82 Å². The molecule has 3 rings (SSSR count). The van der Waals surface area contributed by atoms with Gasteiger partial charge >= 0.3 is 0 Å². The van der Waals surface area contributed by atoms with Crippen LogP contribution in [0.15, 0.2) is 30.5 Å². The van der Waals surface area contributed by atoms with E-state index in [2.05, 4.69) is 26.9 Å². The maximum atomic E-state index is 12.0. The van der Waals surface area contributed by atoms with Crippen LogP contribution in [0.2, 0.25) is 0 Å². The number of aliphatic hydroxyl groups is 1. The van der Waals surface area contributed by atoms with E-state index in [9.17, 15) is 9.90 Å². The second-order valence-corrected chi connectivity index (χ2v) is 6.52. The van der Waals surface area contributed by atoms with Crippen molar-refractivity contribution >= 4 is 22.8 Å². The van der Waals surface area contributed by atoms with E-state index in [-0.39, 0.29) is 5.95 Å². The third-order valence-electron chi connectivity index (χ3n) is 4.02. The van der Waals surface area contributed by atoms with Crippen LogP contribution < -0.4 is 5.73 Å². The van der Waals surface area contributed by atoms with Crippen molar-refractivity contribution in [1.82, 2.24) is 24.6 Å². The number of carbonyl (C=O) groups excluding carboxylic acids is 1. The molecule has 0 spiro atoms. The van der Waals surface area contributed by atoms with Gasteiger partial charge in [0.2, 0.25) is 11.5 Å². The molecule has 8 nitrogen and oxygen atoms in total. The largest absolute Gasteiger partial charge is 0.370 e. The molecule has 0 radical (unpaired) electrons. The molecule has 138 valence electrons. The molecule has 2 heterocycles. The average molecular weight is 364 g/mol. The number of nitrogens with two attached hydrogens (primary N) is 1. The first-order valence-electron chi connectivity index (χ1n) is 8.24. The molecule has 1 unspecified atom stereocenters. The van der Waals surface area contributed by atoms with Gasteiger partial charge in [-0.1, -0.05) is 11.8 Å². The highest BCUT2D eigenvalue weighted by atomic mass is 16.3. The number of likely N-dealkylation sites (N-methyl/N-ethyl adjacent to an activating group) is 1. The van der Waals surface area contributed by atoms with Crippen LogP contribution in [0.25, 0.3) is 16.7 Å². The molecule has 8 heteroatoms. The Balaban J connectivity index is 2.07. The third kappa shape index (κ3) is 3.59. The predicted octanol–water partition coefficient (Wildman–Crippen LogP) is 0.897. The van der Waals surface area contributed by atoms with Gasteiger partial charge in [0.25, 0.3) is 5.91 Å². The number of aryl methyl sites for hydroxylation is 1. The molecular weight excluding hydrogens is 344 g/mol. The lowest BCUT2D eigenvalue weighted by atomic mass is 10.0. The van der Waals surface area contributed by atoms with Gasteiger partial charge in [0.1, 0.15) is 0 Å². The smallest absolute Gasteiger partial charge is 0.266 e. The molecule has 2 aromatic heterocycles. The standard InChI is InChI=1S/C19H20N6O2/c1-12-14-6-5-13(7-9-19(2,27)17(26)24(3)4)11-15(14)25(23-12)16-8-10-21-18(20)22-16/h5-6,8,10-11,27H,1-4H3,(H2,20,21,22). The Morgan fingerprint density at radius 3 is 2.74 bits per heavy atom. The molecule has 1 aromatic carbocycles. The SMILES string of the molecule is Cc1nn(-c2ccnc(N)n2)c2cc(C#CC(C)(O)C(=O)N(C)C)ccc12. The fraction of sp³-hybridized carbons (Fsp3) is 0.263. The number of hydrogen-bond acceptors (Lipinski definition) is 6. The topological polar surface area (TPSA) is 110 Å². The van der Waals surface area contributed by atoms with E-state index in [1.807, 2.05) is 25.1 Å². The Kier molecular flexibility index (Phi) is 4.56. The highest BCUT2D eigenvalue weighted by Crippen LogP contribution is 2.22. The first kappa shape index (κ1) is 18.4. The van der Waals surface area contributed by atoms with Crippen molar-refractivity contribution in [2.45, 2.75) is 19.4 Å². The minimum Gasteiger partial charge on any atom is -0.370 e. The summed E-state index contributed by atoms with van der Waals surface area (Å²) >= 11 is 0. The molecular formula is C19H20N6O2. The molecule has 0 bridgehead atoms. The number of hydrogen-bond donors (Lipinski definition) is 2. The Bertz CT molecular complexity index is 1090. The Labute approximate surface area is 156 Å². The van der Waals surface area contributed by atoms with Crippen LogP contribution in [-0.4, -0.2) is 55.4 Å². The molecule has 3 N–H and O–H groups in total. The zero-order chi connectivity index (χ0) is 19.8. The summed E-state index contributed by atoms with van der Waals surface area (Å²) in [5.74, 6) is 5.72. The number of anilines is 1. The normalized spacial score (nSPS) is 12.9. The summed E-state index contributed by atoms with van der Waals surface area (Å²) in [6.45, 7) is 3.27. The average Bonchev–Trinajstić information content (AvgIpc) is 2.95. The number of nitrogens with zero attached hydrogens (tertiary/aromatic N) is 5. The Hall–Kier alpha value is -3.44. The maximum Gasteiger partial charge on any atom is 0.266 e. The van der Waals surface area contributed by atoms with Gasteiger partial charge in [0.05, 0.1) is 11.2 Å². The summed E-state index contributed by atoms with van der Waals surface area (Å²) in [4.78, 5) is 21.4. The fourth-order valence-electron chi connectivity index (χ4n) is 2.69. The van der Waals surface area contributed by atoms with Crippen molar-refractivity contribution in [3.05, 3.63) is 41.7 Å². The van der Waals surface area contributed by atoms with Crippen molar-refractivity contribution in [2.24, 2.45) is 0 Å². The Morgan fingerprint density at radius 2 is 2.07 bits per heavy atom. The lowest BCUT2D eigenvalue weighted by Gasteiger charge is -2.20. The van der Waals surface area contributed by atoms with Gasteiger partial charge in [-0.2, -0.15) is 10.1 Å². The van der Waals surface area contributed by atoms with Crippen molar-refractivity contribution in [3.8, 4) is 17.7 Å². The van der Waals surface area contributed by atoms with E-state index in [1.54, 1.807) is 31.0 Å². The zero-order valence-corrected chi connectivity index (χ0v) is 15.6. The number of nitrogen functional groups attached to an aromatic ring is 1. The van der Waals surface area contributed by atoms with Crippen LogP contribution >= 0.6 is 0 Å². The van der Waals surface area contributed by atoms with E-state index >= 15 is 0 Å². The monoisotopic (exact) mass is 364 g/mol. The molecule has 0 aliphatic heterocycles. The quantitative estimate of drug-likeness (QED) is 0.654. The molecule has 0 saturated carbocycles. The zero-order valence-electron chi connectivity index (χ0n) is 15.6. The van der Waals surface area contributed by atoms with Crippen molar-refractivity contribution in [1.29, 1.82) is 0 Å². The molecule has 0 aliphatic carbocycles. The van der Waals surface area contributed by atoms with Gasteiger partial charge < -0.3 is 15.7 Å². The van der Waals surface area contributed by atoms with E-state index < -0.39 is 11.5 Å². The minimum absolute atomic E-state index is 0.156. The molecule has 27 heavy (non-hydrogen) atoms. The molecule has 1 amide bonds. The lowest BCUT2D eigenvalue weighted by Crippen LogP contribution is -2.42. The fourth-order valence-corrected chi connectivity index (χ4v) is 2.69. The van der Waals surface area contributed by atoms with E-state index in [1.165, 1.54) is 11.8 Å². The molecule has 0 saturated heterocycles. The number of benzene rings is 1. The summed E-state index contributed by atoms with van der Waals surface area (Å²) in [6, 6.07) is 7.25. The van der Waals surface area contributed by atoms with Crippen LogP contribution in [0.3, 0.4) is 0 Å². The second-order valence-electron chi connectivity index (χ2n) is 6.52. The van der Waals surface area contributed by atoms with E-state index in [0.717, 1.165) is 16.6 Å². The summed E-state index contributed by atoms with van der Waals surface area (Å²) in [6.07, 6.45) is 1.56. The van der Waals surface area contributed by atoms with Gasteiger partial charge in [-0.3, -0.25) is 4.79 Å². The van der Waals surface area contributed by atoms with E-state index in [0.29, 0.717) is 11.4 Å². The summed E-state index contributed by atoms with van der Waals surface area (Å²) in [5.41, 5.74) is 6.16. The van der Waals surface area contributed by atoms with Gasteiger partial charge in [-0.05, 0) is 32.0 Å². The third-order valence-corrected chi connectivity index (χ3v) is 4.02. The molecule has 1 atom stereocenters. The van der Waals surface area contributed by atoms with Crippen LogP contribution in [0.5, 0.6) is 0 Å². The molecule has 0 aliphatic rings. The van der Waals surface area contributed by atoms with Crippen LogP contribution in [-0.2, 0) is 4.79 Å². The number of amides is 1. The summed E-state index contributed by atoms with van der Waals surface area (Å²) < 4.78 is 1.66. The first-order chi connectivity index (χ1) is 12.7. The number of carbonyl (C=O) groups is 1. The second kappa shape index (κ2) is 6.70. The van der Waals surface area contributed by atoms with Crippen LogP contribution in [0.4, 0.5) is 5.95 Å². The predicted molar refractivity (Wildman–Crippen MR) is 102 cm³/mol.